The molecule has 0 heterocycles. The van der Waals surface area contributed by atoms with Crippen molar-refractivity contribution in [1.29, 1.82) is 0 Å². The minimum Gasteiger partial charge on any atom is -0.388 e. The van der Waals surface area contributed by atoms with E-state index in [4.69, 9.17) is 0 Å². The third-order valence-corrected chi connectivity index (χ3v) is 5.78. The van der Waals surface area contributed by atoms with Crippen molar-refractivity contribution in [3.63, 3.8) is 0 Å². The molecule has 1 aromatic rings. The van der Waals surface area contributed by atoms with E-state index in [1.807, 2.05) is 19.0 Å². The number of hydrogen-bond donors (Lipinski definition) is 2. The molecule has 0 aliphatic carbocycles. The van der Waals surface area contributed by atoms with Gasteiger partial charge in [0.1, 0.15) is 0 Å². The number of nitrogens with zero attached hydrogens (tertiary/aromatic N) is 1. The summed E-state index contributed by atoms with van der Waals surface area (Å²) in [6.07, 6.45) is 2.54. The highest BCUT2D eigenvalue weighted by Crippen LogP contribution is 2.26. The van der Waals surface area contributed by atoms with Crippen LogP contribution < -0.4 is 5.32 Å². The molecule has 0 spiro atoms. The number of sulfone groups is 2. The number of rotatable bonds is 8. The molecule has 9 heteroatoms. The van der Waals surface area contributed by atoms with E-state index in [1.165, 1.54) is 12.1 Å². The molecule has 1 aromatic carbocycles. The van der Waals surface area contributed by atoms with Crippen molar-refractivity contribution in [1.82, 2.24) is 4.90 Å². The van der Waals surface area contributed by atoms with Gasteiger partial charge in [-0.05, 0) is 45.6 Å². The quantitative estimate of drug-likeness (QED) is 0.683. The molecular formula is C15H26N2O5S2. The fourth-order valence-corrected chi connectivity index (χ4v) is 3.63. The van der Waals surface area contributed by atoms with Gasteiger partial charge in [0.15, 0.2) is 19.7 Å². The first kappa shape index (κ1) is 20.9. The van der Waals surface area contributed by atoms with E-state index < -0.39 is 25.3 Å². The lowest BCUT2D eigenvalue weighted by atomic mass is 10.0. The van der Waals surface area contributed by atoms with E-state index in [9.17, 15) is 21.9 Å². The molecule has 0 fully saturated rings. The minimum absolute atomic E-state index is 0.0622. The van der Waals surface area contributed by atoms with Gasteiger partial charge >= 0.3 is 0 Å². The van der Waals surface area contributed by atoms with Gasteiger partial charge in [0, 0.05) is 25.6 Å². The molecule has 138 valence electrons. The van der Waals surface area contributed by atoms with Crippen molar-refractivity contribution in [2.75, 3.05) is 45.0 Å². The maximum absolute atomic E-state index is 12.0. The van der Waals surface area contributed by atoms with Crippen molar-refractivity contribution in [3.8, 4) is 0 Å². The van der Waals surface area contributed by atoms with E-state index in [1.54, 1.807) is 6.92 Å². The molecule has 1 rings (SSSR count). The Bertz CT molecular complexity index is 784. The van der Waals surface area contributed by atoms with Crippen molar-refractivity contribution in [3.05, 3.63) is 18.2 Å². The Morgan fingerprint density at radius 1 is 1.12 bits per heavy atom. The summed E-state index contributed by atoms with van der Waals surface area (Å²) in [5, 5.41) is 13.3. The standard InChI is InChI=1S/C15H26N2O5S2/c1-15(18,8-9-17(2)3)11-16-13-7-6-12(23(4,19)20)10-14(13)24(5,21)22/h6-7,10,16,18H,8-9,11H2,1-5H3. The second-order valence-corrected chi connectivity index (χ2v) is 10.6. The summed E-state index contributed by atoms with van der Waals surface area (Å²) in [7, 11) is -3.34. The lowest BCUT2D eigenvalue weighted by Gasteiger charge is -2.26. The van der Waals surface area contributed by atoms with Crippen molar-refractivity contribution in [2.45, 2.75) is 28.7 Å². The third-order valence-electron chi connectivity index (χ3n) is 3.54. The predicted molar refractivity (Wildman–Crippen MR) is 94.9 cm³/mol. The van der Waals surface area contributed by atoms with Crippen molar-refractivity contribution < 1.29 is 21.9 Å². The number of benzene rings is 1. The molecule has 1 atom stereocenters. The van der Waals surface area contributed by atoms with Crippen molar-refractivity contribution >= 4 is 25.4 Å². The number of aliphatic hydroxyl groups is 1. The van der Waals surface area contributed by atoms with Crippen molar-refractivity contribution in [2.24, 2.45) is 0 Å². The summed E-state index contributed by atoms with van der Waals surface area (Å²) in [6.45, 7) is 2.48. The first-order chi connectivity index (χ1) is 10.7. The average Bonchev–Trinajstić information content (AvgIpc) is 2.41. The molecule has 0 aliphatic rings. The molecule has 1 unspecified atom stereocenters. The van der Waals surface area contributed by atoms with Gasteiger partial charge in [0.05, 0.1) is 21.1 Å². The number of hydrogen-bond acceptors (Lipinski definition) is 7. The lowest BCUT2D eigenvalue weighted by molar-refractivity contribution is 0.0568. The first-order valence-electron chi connectivity index (χ1n) is 7.37. The zero-order valence-electron chi connectivity index (χ0n) is 14.7. The second-order valence-electron chi connectivity index (χ2n) is 6.61. The second kappa shape index (κ2) is 7.38. The topological polar surface area (TPSA) is 104 Å². The Morgan fingerprint density at radius 3 is 2.17 bits per heavy atom. The number of nitrogens with one attached hydrogen (secondary N) is 1. The highest BCUT2D eigenvalue weighted by Gasteiger charge is 2.23. The SMILES string of the molecule is CN(C)CCC(C)(O)CNc1ccc(S(C)(=O)=O)cc1S(C)(=O)=O. The van der Waals surface area contributed by atoms with Crippen LogP contribution in [0.25, 0.3) is 0 Å². The summed E-state index contributed by atoms with van der Waals surface area (Å²) < 4.78 is 47.2. The summed E-state index contributed by atoms with van der Waals surface area (Å²) in [6, 6.07) is 3.90. The van der Waals surface area contributed by atoms with E-state index >= 15 is 0 Å². The van der Waals surface area contributed by atoms with Gasteiger partial charge in [-0.25, -0.2) is 16.8 Å². The third kappa shape index (κ3) is 6.39. The Labute approximate surface area is 144 Å². The van der Waals surface area contributed by atoms with Crippen LogP contribution in [-0.2, 0) is 19.7 Å². The average molecular weight is 379 g/mol. The highest BCUT2D eigenvalue weighted by atomic mass is 32.2. The maximum atomic E-state index is 12.0. The Morgan fingerprint density at radius 2 is 1.71 bits per heavy atom. The van der Waals surface area contributed by atoms with Crippen LogP contribution in [0.15, 0.2) is 28.0 Å². The van der Waals surface area contributed by atoms with E-state index in [0.29, 0.717) is 13.0 Å². The molecule has 0 aliphatic heterocycles. The van der Waals surface area contributed by atoms with Gasteiger partial charge < -0.3 is 15.3 Å². The molecular weight excluding hydrogens is 352 g/mol. The zero-order valence-corrected chi connectivity index (χ0v) is 16.3. The van der Waals surface area contributed by atoms with Gasteiger partial charge in [-0.2, -0.15) is 0 Å². The minimum atomic E-state index is -3.63. The summed E-state index contributed by atoms with van der Waals surface area (Å²) in [4.78, 5) is 1.78. The molecule has 0 bridgehead atoms. The van der Waals surface area contributed by atoms with E-state index in [-0.39, 0.29) is 22.0 Å². The molecule has 0 saturated carbocycles. The van der Waals surface area contributed by atoms with Crippen LogP contribution in [0.3, 0.4) is 0 Å². The molecule has 7 nitrogen and oxygen atoms in total. The number of anilines is 1. The van der Waals surface area contributed by atoms with Crippen LogP contribution in [0.4, 0.5) is 5.69 Å². The Balaban J connectivity index is 3.08. The summed E-state index contributed by atoms with van der Waals surface area (Å²) >= 11 is 0. The first-order valence-corrected chi connectivity index (χ1v) is 11.2. The monoisotopic (exact) mass is 378 g/mol. The van der Waals surface area contributed by atoms with E-state index in [2.05, 4.69) is 5.32 Å². The fourth-order valence-electron chi connectivity index (χ4n) is 2.02. The molecule has 0 amide bonds. The predicted octanol–water partition coefficient (Wildman–Crippen LogP) is 0.608. The zero-order chi connectivity index (χ0) is 18.8. The van der Waals surface area contributed by atoms with E-state index in [0.717, 1.165) is 18.6 Å². The van der Waals surface area contributed by atoms with Crippen LogP contribution in [0.5, 0.6) is 0 Å². The van der Waals surface area contributed by atoms with Crippen LogP contribution in [0, 0.1) is 0 Å². The smallest absolute Gasteiger partial charge is 0.177 e. The molecule has 2 N–H and O–H groups in total. The van der Waals surface area contributed by atoms with Gasteiger partial charge in [-0.3, -0.25) is 0 Å². The lowest BCUT2D eigenvalue weighted by Crippen LogP contribution is -2.36. The molecule has 0 radical (unpaired) electrons. The van der Waals surface area contributed by atoms with Crippen LogP contribution in [-0.4, -0.2) is 72.1 Å². The highest BCUT2D eigenvalue weighted by molar-refractivity contribution is 7.91. The summed E-state index contributed by atoms with van der Waals surface area (Å²) in [5.74, 6) is 0. The normalized spacial score (nSPS) is 15.3. The summed E-state index contributed by atoms with van der Waals surface area (Å²) in [5.41, 5.74) is -0.760. The largest absolute Gasteiger partial charge is 0.388 e. The van der Waals surface area contributed by atoms with Crippen LogP contribution in [0.2, 0.25) is 0 Å². The molecule has 24 heavy (non-hydrogen) atoms. The maximum Gasteiger partial charge on any atom is 0.177 e. The van der Waals surface area contributed by atoms with Crippen LogP contribution >= 0.6 is 0 Å². The van der Waals surface area contributed by atoms with Crippen LogP contribution in [0.1, 0.15) is 13.3 Å². The Hall–Kier alpha value is -1.16. The molecule has 0 saturated heterocycles. The molecule has 0 aromatic heterocycles. The Kier molecular flexibility index (Phi) is 6.43. The van der Waals surface area contributed by atoms with Gasteiger partial charge in [-0.1, -0.05) is 0 Å². The van der Waals surface area contributed by atoms with Gasteiger partial charge in [0.25, 0.3) is 0 Å². The fraction of sp³-hybridized carbons (Fsp3) is 0.600. The van der Waals surface area contributed by atoms with Gasteiger partial charge in [-0.15, -0.1) is 0 Å². The van der Waals surface area contributed by atoms with Gasteiger partial charge in [0.2, 0.25) is 0 Å².